The van der Waals surface area contributed by atoms with E-state index < -0.39 is 0 Å². The molecule has 0 unspecified atom stereocenters. The third-order valence-electron chi connectivity index (χ3n) is 4.49. The summed E-state index contributed by atoms with van der Waals surface area (Å²) >= 11 is 5.62. The fourth-order valence-electron chi connectivity index (χ4n) is 3.26. The summed E-state index contributed by atoms with van der Waals surface area (Å²) in [6.45, 7) is 9.78. The standard InChI is InChI=1S/C19H26N4S/c1-5-11-23-17(14-9-12-22(13-14)19(2,3)4)16(21-18(23)24)15-8-6-7-10-20-15/h6-10,12-13,16-17H,5,11H2,1-4H3,(H,21,24)/t16-,17+/m1/s1. The van der Waals surface area contributed by atoms with Crippen LogP contribution in [0, 0.1) is 0 Å². The average molecular weight is 343 g/mol. The predicted octanol–water partition coefficient (Wildman–Crippen LogP) is 4.02. The van der Waals surface area contributed by atoms with Crippen molar-refractivity contribution in [1.82, 2.24) is 19.8 Å². The number of aromatic nitrogens is 2. The van der Waals surface area contributed by atoms with Gasteiger partial charge in [0.15, 0.2) is 5.11 Å². The minimum atomic E-state index is 0.0703. The van der Waals surface area contributed by atoms with Crippen molar-refractivity contribution in [2.24, 2.45) is 0 Å². The molecule has 1 aliphatic rings. The summed E-state index contributed by atoms with van der Waals surface area (Å²) in [6.07, 6.45) is 7.32. The van der Waals surface area contributed by atoms with E-state index in [0.29, 0.717) is 0 Å². The Labute approximate surface area is 149 Å². The fraction of sp³-hybridized carbons (Fsp3) is 0.474. The fourth-order valence-corrected chi connectivity index (χ4v) is 3.59. The summed E-state index contributed by atoms with van der Waals surface area (Å²) in [6, 6.07) is 8.53. The highest BCUT2D eigenvalue weighted by Gasteiger charge is 2.39. The van der Waals surface area contributed by atoms with Crippen LogP contribution in [0.15, 0.2) is 42.9 Å². The van der Waals surface area contributed by atoms with Crippen molar-refractivity contribution in [3.8, 4) is 0 Å². The molecule has 4 nitrogen and oxygen atoms in total. The highest BCUT2D eigenvalue weighted by Crippen LogP contribution is 2.39. The van der Waals surface area contributed by atoms with Crippen LogP contribution in [0.2, 0.25) is 0 Å². The van der Waals surface area contributed by atoms with Gasteiger partial charge in [0, 0.05) is 30.7 Å². The Morgan fingerprint density at radius 3 is 2.62 bits per heavy atom. The van der Waals surface area contributed by atoms with Crippen LogP contribution in [0.4, 0.5) is 0 Å². The molecule has 3 heterocycles. The SMILES string of the molecule is CCCN1C(=S)N[C@H](c2ccccn2)[C@@H]1c1ccn(C(C)(C)C)c1. The molecule has 1 fully saturated rings. The lowest BCUT2D eigenvalue weighted by Crippen LogP contribution is -2.30. The molecule has 3 rings (SSSR count). The first-order chi connectivity index (χ1) is 11.4. The lowest BCUT2D eigenvalue weighted by Gasteiger charge is -2.27. The van der Waals surface area contributed by atoms with Crippen LogP contribution in [-0.2, 0) is 5.54 Å². The van der Waals surface area contributed by atoms with E-state index in [1.165, 1.54) is 5.56 Å². The number of rotatable bonds is 4. The van der Waals surface area contributed by atoms with Gasteiger partial charge in [0.25, 0.3) is 0 Å². The molecule has 0 aliphatic carbocycles. The first-order valence-electron chi connectivity index (χ1n) is 8.58. The van der Waals surface area contributed by atoms with Crippen LogP contribution in [0.3, 0.4) is 0 Å². The Morgan fingerprint density at radius 1 is 1.25 bits per heavy atom. The van der Waals surface area contributed by atoms with E-state index in [1.807, 2.05) is 18.3 Å². The number of hydrogen-bond acceptors (Lipinski definition) is 2. The number of pyridine rings is 1. The van der Waals surface area contributed by atoms with Crippen LogP contribution >= 0.6 is 12.2 Å². The molecular weight excluding hydrogens is 316 g/mol. The Balaban J connectivity index is 2.01. The van der Waals surface area contributed by atoms with Crippen LogP contribution in [-0.4, -0.2) is 26.1 Å². The number of thiocarbonyl (C=S) groups is 1. The van der Waals surface area contributed by atoms with Crippen molar-refractivity contribution in [3.63, 3.8) is 0 Å². The van der Waals surface area contributed by atoms with Gasteiger partial charge < -0.3 is 14.8 Å². The summed E-state index contributed by atoms with van der Waals surface area (Å²) in [5, 5.41) is 4.31. The lowest BCUT2D eigenvalue weighted by molar-refractivity contribution is 0.316. The minimum absolute atomic E-state index is 0.0703. The van der Waals surface area contributed by atoms with E-state index in [9.17, 15) is 0 Å². The van der Waals surface area contributed by atoms with Gasteiger partial charge in [0.2, 0.25) is 0 Å². The van der Waals surface area contributed by atoms with Gasteiger partial charge in [-0.25, -0.2) is 0 Å². The van der Waals surface area contributed by atoms with E-state index in [0.717, 1.165) is 23.8 Å². The monoisotopic (exact) mass is 342 g/mol. The van der Waals surface area contributed by atoms with E-state index in [2.05, 4.69) is 72.0 Å². The van der Waals surface area contributed by atoms with Crippen LogP contribution in [0.1, 0.15) is 57.5 Å². The van der Waals surface area contributed by atoms with Crippen molar-refractivity contribution in [2.75, 3.05) is 6.54 Å². The van der Waals surface area contributed by atoms with Crippen molar-refractivity contribution in [3.05, 3.63) is 54.1 Å². The summed E-state index contributed by atoms with van der Waals surface area (Å²) in [5.74, 6) is 0. The normalized spacial score (nSPS) is 21.2. The first-order valence-corrected chi connectivity index (χ1v) is 8.99. The molecule has 1 saturated heterocycles. The molecule has 0 amide bonds. The number of nitrogens with zero attached hydrogens (tertiary/aromatic N) is 3. The van der Waals surface area contributed by atoms with Gasteiger partial charge in [-0.1, -0.05) is 13.0 Å². The Morgan fingerprint density at radius 2 is 2.04 bits per heavy atom. The smallest absolute Gasteiger partial charge is 0.170 e. The maximum atomic E-state index is 5.62. The highest BCUT2D eigenvalue weighted by molar-refractivity contribution is 7.80. The van der Waals surface area contributed by atoms with Gasteiger partial charge in [0.1, 0.15) is 0 Å². The second-order valence-electron chi connectivity index (χ2n) is 7.34. The molecule has 128 valence electrons. The van der Waals surface area contributed by atoms with Crippen LogP contribution < -0.4 is 5.32 Å². The van der Waals surface area contributed by atoms with E-state index in [1.54, 1.807) is 0 Å². The zero-order valence-electron chi connectivity index (χ0n) is 14.9. The second-order valence-corrected chi connectivity index (χ2v) is 7.73. The summed E-state index contributed by atoms with van der Waals surface area (Å²) < 4.78 is 2.27. The van der Waals surface area contributed by atoms with Crippen molar-refractivity contribution in [2.45, 2.75) is 51.7 Å². The molecule has 1 N–H and O–H groups in total. The molecule has 0 bridgehead atoms. The quantitative estimate of drug-likeness (QED) is 0.851. The molecule has 0 radical (unpaired) electrons. The molecule has 0 aromatic carbocycles. The molecule has 24 heavy (non-hydrogen) atoms. The van der Waals surface area contributed by atoms with Crippen molar-refractivity contribution < 1.29 is 0 Å². The largest absolute Gasteiger partial charge is 0.352 e. The summed E-state index contributed by atoms with van der Waals surface area (Å²) in [4.78, 5) is 6.87. The van der Waals surface area contributed by atoms with Gasteiger partial charge in [-0.3, -0.25) is 4.98 Å². The average Bonchev–Trinajstić information content (AvgIpc) is 3.14. The van der Waals surface area contributed by atoms with Gasteiger partial charge in [-0.05, 0) is 63.2 Å². The third-order valence-corrected chi connectivity index (χ3v) is 4.85. The minimum Gasteiger partial charge on any atom is -0.352 e. The summed E-state index contributed by atoms with van der Waals surface area (Å²) in [5.41, 5.74) is 2.38. The van der Waals surface area contributed by atoms with E-state index >= 15 is 0 Å². The summed E-state index contributed by atoms with van der Waals surface area (Å²) in [7, 11) is 0. The molecule has 2 aromatic heterocycles. The van der Waals surface area contributed by atoms with Crippen molar-refractivity contribution >= 4 is 17.3 Å². The Bertz CT molecular complexity index is 702. The zero-order valence-corrected chi connectivity index (χ0v) is 15.7. The maximum absolute atomic E-state index is 5.62. The van der Waals surface area contributed by atoms with Crippen LogP contribution in [0.25, 0.3) is 0 Å². The number of nitrogens with one attached hydrogen (secondary N) is 1. The van der Waals surface area contributed by atoms with Gasteiger partial charge in [-0.15, -0.1) is 0 Å². The van der Waals surface area contributed by atoms with Gasteiger partial charge in [-0.2, -0.15) is 0 Å². The van der Waals surface area contributed by atoms with Gasteiger partial charge >= 0.3 is 0 Å². The zero-order chi connectivity index (χ0) is 17.3. The van der Waals surface area contributed by atoms with Gasteiger partial charge in [0.05, 0.1) is 17.8 Å². The third kappa shape index (κ3) is 3.18. The predicted molar refractivity (Wildman–Crippen MR) is 102 cm³/mol. The Hall–Kier alpha value is -1.88. The molecule has 1 aliphatic heterocycles. The highest BCUT2D eigenvalue weighted by atomic mass is 32.1. The number of hydrogen-bond donors (Lipinski definition) is 1. The van der Waals surface area contributed by atoms with E-state index in [-0.39, 0.29) is 17.6 Å². The molecular formula is C19H26N4S. The molecule has 2 atom stereocenters. The van der Waals surface area contributed by atoms with Crippen LogP contribution in [0.5, 0.6) is 0 Å². The lowest BCUT2D eigenvalue weighted by atomic mass is 9.99. The van der Waals surface area contributed by atoms with E-state index in [4.69, 9.17) is 12.2 Å². The topological polar surface area (TPSA) is 33.1 Å². The molecule has 0 spiro atoms. The first kappa shape index (κ1) is 17.0. The molecule has 2 aromatic rings. The molecule has 5 heteroatoms. The second kappa shape index (κ2) is 6.55. The molecule has 0 saturated carbocycles. The maximum Gasteiger partial charge on any atom is 0.170 e. The van der Waals surface area contributed by atoms with Crippen molar-refractivity contribution in [1.29, 1.82) is 0 Å². The Kier molecular flexibility index (Phi) is 4.63.